The summed E-state index contributed by atoms with van der Waals surface area (Å²) in [5.41, 5.74) is -0.148. The molecule has 1 aliphatic heterocycles. The molecule has 0 aliphatic carbocycles. The molecule has 9 heteroatoms. The number of hydrogen-bond donors (Lipinski definition) is 7. The molecule has 18 heavy (non-hydrogen) atoms. The number of aliphatic hydroxyl groups excluding tert-OH is 2. The molecule has 0 saturated heterocycles. The zero-order valence-electron chi connectivity index (χ0n) is 9.64. The van der Waals surface area contributed by atoms with Crippen LogP contribution in [-0.4, -0.2) is 45.0 Å². The van der Waals surface area contributed by atoms with Gasteiger partial charge in [-0.05, 0) is 6.92 Å². The monoisotopic (exact) mass is 273 g/mol. The molecule has 0 radical (unpaired) electrons. The van der Waals surface area contributed by atoms with Crippen LogP contribution in [0.5, 0.6) is 0 Å². The van der Waals surface area contributed by atoms with Gasteiger partial charge < -0.3 is 25.6 Å². The normalized spacial score (nSPS) is 21.2. The Hall–Kier alpha value is -1.45. The fraction of sp³-hybridized carbons (Fsp3) is 0.556. The maximum absolute atomic E-state index is 11.8. The van der Waals surface area contributed by atoms with E-state index in [1.54, 1.807) is 0 Å². The number of rotatable bonds is 3. The maximum Gasteiger partial charge on any atom is 0.277 e. The fourth-order valence-electron chi connectivity index (χ4n) is 1.77. The molecule has 2 heterocycles. The predicted octanol–water partition coefficient (Wildman–Crippen LogP) is -1.03. The lowest BCUT2D eigenvalue weighted by atomic mass is 10.0. The van der Waals surface area contributed by atoms with Gasteiger partial charge in [0.05, 0.1) is 12.1 Å². The third kappa shape index (κ3) is 2.37. The minimum absolute atomic E-state index is 0.228. The van der Waals surface area contributed by atoms with Gasteiger partial charge in [-0.15, -0.1) is 0 Å². The van der Waals surface area contributed by atoms with Crippen molar-refractivity contribution in [2.45, 2.75) is 25.2 Å². The fourth-order valence-corrected chi connectivity index (χ4v) is 1.88. The Morgan fingerprint density at radius 2 is 2.28 bits per heavy atom. The van der Waals surface area contributed by atoms with E-state index in [1.807, 2.05) is 0 Å². The van der Waals surface area contributed by atoms with Crippen LogP contribution in [0.3, 0.4) is 0 Å². The SMILES string of the molecule is CC(O)C(O)C1CNc2nc(NS)[nH]c(=O)c2N1. The summed E-state index contributed by atoms with van der Waals surface area (Å²) in [6.45, 7) is 1.83. The van der Waals surface area contributed by atoms with Gasteiger partial charge in [-0.3, -0.25) is 9.78 Å². The van der Waals surface area contributed by atoms with Gasteiger partial charge in [0.25, 0.3) is 5.56 Å². The van der Waals surface area contributed by atoms with Gasteiger partial charge in [0, 0.05) is 6.54 Å². The number of anilines is 3. The Labute approximate surface area is 108 Å². The number of H-pyrrole nitrogens is 1. The second kappa shape index (κ2) is 5.04. The highest BCUT2D eigenvalue weighted by atomic mass is 32.1. The standard InChI is InChI=1S/C9H15N5O3S/c1-3(15)6(16)4-2-10-7-5(11-4)8(17)13-9(12-7)14-18/h3-4,6,11,15-16,18H,2H2,1H3,(H3,10,12,13,14,17). The largest absolute Gasteiger partial charge is 0.391 e. The van der Waals surface area contributed by atoms with Crippen molar-refractivity contribution < 1.29 is 10.2 Å². The topological polar surface area (TPSA) is 122 Å². The van der Waals surface area contributed by atoms with Crippen LogP contribution in [0, 0.1) is 0 Å². The summed E-state index contributed by atoms with van der Waals surface area (Å²) in [6.07, 6.45) is -1.87. The van der Waals surface area contributed by atoms with Crippen molar-refractivity contribution in [1.29, 1.82) is 0 Å². The Balaban J connectivity index is 2.27. The van der Waals surface area contributed by atoms with Crippen molar-refractivity contribution >= 4 is 30.3 Å². The summed E-state index contributed by atoms with van der Waals surface area (Å²) in [5.74, 6) is 0.607. The second-order valence-electron chi connectivity index (χ2n) is 4.11. The van der Waals surface area contributed by atoms with Crippen LogP contribution in [0.25, 0.3) is 0 Å². The molecule has 2 rings (SSSR count). The van der Waals surface area contributed by atoms with Gasteiger partial charge in [-0.2, -0.15) is 4.98 Å². The van der Waals surface area contributed by atoms with E-state index in [4.69, 9.17) is 0 Å². The van der Waals surface area contributed by atoms with Crippen LogP contribution in [0.2, 0.25) is 0 Å². The molecule has 0 bridgehead atoms. The van der Waals surface area contributed by atoms with Gasteiger partial charge in [-0.25, -0.2) is 0 Å². The van der Waals surface area contributed by atoms with Gasteiger partial charge in [0.2, 0.25) is 5.95 Å². The molecule has 1 aliphatic rings. The molecule has 100 valence electrons. The summed E-state index contributed by atoms with van der Waals surface area (Å²) in [5, 5.41) is 24.9. The van der Waals surface area contributed by atoms with Gasteiger partial charge >= 0.3 is 0 Å². The molecule has 6 N–H and O–H groups in total. The summed E-state index contributed by atoms with van der Waals surface area (Å²) < 4.78 is 2.44. The van der Waals surface area contributed by atoms with Crippen LogP contribution in [-0.2, 0) is 0 Å². The van der Waals surface area contributed by atoms with E-state index in [0.29, 0.717) is 12.4 Å². The number of aromatic nitrogens is 2. The molecule has 0 fully saturated rings. The van der Waals surface area contributed by atoms with Crippen molar-refractivity contribution in [2.24, 2.45) is 0 Å². The van der Waals surface area contributed by atoms with E-state index in [-0.39, 0.29) is 17.2 Å². The first-order valence-electron chi connectivity index (χ1n) is 5.44. The molecule has 8 nitrogen and oxygen atoms in total. The van der Waals surface area contributed by atoms with Gasteiger partial charge in [0.15, 0.2) is 5.82 Å². The third-order valence-corrected chi connectivity index (χ3v) is 2.96. The number of nitrogens with zero attached hydrogens (tertiary/aromatic N) is 1. The van der Waals surface area contributed by atoms with Gasteiger partial charge in [0.1, 0.15) is 11.8 Å². The highest BCUT2D eigenvalue weighted by Gasteiger charge is 2.29. The number of fused-ring (bicyclic) bond motifs is 1. The molecule has 0 amide bonds. The van der Waals surface area contributed by atoms with Gasteiger partial charge in [-0.1, -0.05) is 12.8 Å². The number of aliphatic hydroxyl groups is 2. The average Bonchev–Trinajstić information content (AvgIpc) is 2.37. The Morgan fingerprint density at radius 1 is 1.56 bits per heavy atom. The predicted molar refractivity (Wildman–Crippen MR) is 71.1 cm³/mol. The molecule has 1 aromatic heterocycles. The van der Waals surface area contributed by atoms with Crippen molar-refractivity contribution in [3.05, 3.63) is 10.4 Å². The molecule has 3 atom stereocenters. The van der Waals surface area contributed by atoms with E-state index in [2.05, 4.69) is 38.1 Å². The van der Waals surface area contributed by atoms with Crippen molar-refractivity contribution in [2.75, 3.05) is 21.9 Å². The minimum atomic E-state index is -0.979. The van der Waals surface area contributed by atoms with Crippen molar-refractivity contribution in [3.8, 4) is 0 Å². The van der Waals surface area contributed by atoms with E-state index in [0.717, 1.165) is 0 Å². The number of aromatic amines is 1. The van der Waals surface area contributed by atoms with E-state index >= 15 is 0 Å². The van der Waals surface area contributed by atoms with Crippen LogP contribution < -0.4 is 20.9 Å². The lowest BCUT2D eigenvalue weighted by Gasteiger charge is -2.31. The Kier molecular flexibility index (Phi) is 3.64. The molecule has 0 aromatic carbocycles. The average molecular weight is 273 g/mol. The highest BCUT2D eigenvalue weighted by Crippen LogP contribution is 2.22. The minimum Gasteiger partial charge on any atom is -0.391 e. The van der Waals surface area contributed by atoms with Crippen molar-refractivity contribution in [1.82, 2.24) is 9.97 Å². The maximum atomic E-state index is 11.8. The molecular weight excluding hydrogens is 258 g/mol. The summed E-state index contributed by atoms with van der Waals surface area (Å²) in [7, 11) is 0. The molecular formula is C9H15N5O3S. The lowest BCUT2D eigenvalue weighted by Crippen LogP contribution is -2.48. The quantitative estimate of drug-likeness (QED) is 0.352. The molecule has 0 saturated carbocycles. The van der Waals surface area contributed by atoms with Crippen LogP contribution in [0.4, 0.5) is 17.5 Å². The Morgan fingerprint density at radius 3 is 2.89 bits per heavy atom. The summed E-state index contributed by atoms with van der Waals surface area (Å²) in [6, 6.07) is -0.463. The zero-order valence-corrected chi connectivity index (χ0v) is 10.5. The first-order chi connectivity index (χ1) is 8.52. The Bertz CT molecular complexity index is 492. The molecule has 3 unspecified atom stereocenters. The van der Waals surface area contributed by atoms with E-state index < -0.39 is 18.2 Å². The van der Waals surface area contributed by atoms with Crippen molar-refractivity contribution in [3.63, 3.8) is 0 Å². The van der Waals surface area contributed by atoms with Crippen LogP contribution >= 0.6 is 12.8 Å². The molecule has 1 aromatic rings. The lowest BCUT2D eigenvalue weighted by molar-refractivity contribution is 0.0214. The highest BCUT2D eigenvalue weighted by molar-refractivity contribution is 7.81. The smallest absolute Gasteiger partial charge is 0.277 e. The first kappa shape index (κ1) is 13.0. The van der Waals surface area contributed by atoms with Crippen LogP contribution in [0.15, 0.2) is 4.79 Å². The molecule has 0 spiro atoms. The number of hydrogen-bond acceptors (Lipinski definition) is 8. The number of nitrogens with one attached hydrogen (secondary N) is 4. The summed E-state index contributed by atoms with van der Waals surface area (Å²) in [4.78, 5) is 18.3. The number of thiol groups is 1. The third-order valence-electron chi connectivity index (χ3n) is 2.75. The van der Waals surface area contributed by atoms with E-state index in [9.17, 15) is 15.0 Å². The second-order valence-corrected chi connectivity index (χ2v) is 4.34. The zero-order chi connectivity index (χ0) is 13.3. The van der Waals surface area contributed by atoms with Crippen LogP contribution in [0.1, 0.15) is 6.92 Å². The first-order valence-corrected chi connectivity index (χ1v) is 5.88. The van der Waals surface area contributed by atoms with E-state index in [1.165, 1.54) is 6.92 Å². The summed E-state index contributed by atoms with van der Waals surface area (Å²) >= 11 is 3.80.